The van der Waals surface area contributed by atoms with Gasteiger partial charge in [0.05, 0.1) is 17.1 Å². The standard InChI is InChI=1S/C20H24FN3O5S/c1-4-29-20(26)17-13(2)18(22-14(17)3)19(25)23-8-10-24(11-9-23)30(27,28)16-7-5-6-15(21)12-16/h5-7,12,22H,4,8-11H2,1-3H3. The Balaban J connectivity index is 1.73. The van der Waals surface area contributed by atoms with E-state index in [-0.39, 0.29) is 49.3 Å². The second-order valence-corrected chi connectivity index (χ2v) is 8.94. The summed E-state index contributed by atoms with van der Waals surface area (Å²) in [4.78, 5) is 29.5. The van der Waals surface area contributed by atoms with Crippen LogP contribution in [0.15, 0.2) is 29.2 Å². The van der Waals surface area contributed by atoms with Crippen LogP contribution >= 0.6 is 0 Å². The quantitative estimate of drug-likeness (QED) is 0.722. The second kappa shape index (κ2) is 8.57. The van der Waals surface area contributed by atoms with Crippen molar-refractivity contribution in [3.8, 4) is 0 Å². The monoisotopic (exact) mass is 437 g/mol. The predicted molar refractivity (Wildman–Crippen MR) is 107 cm³/mol. The fourth-order valence-corrected chi connectivity index (χ4v) is 4.99. The molecule has 1 amide bonds. The Bertz CT molecular complexity index is 1070. The number of aromatic amines is 1. The first kappa shape index (κ1) is 22.0. The van der Waals surface area contributed by atoms with Crippen molar-refractivity contribution < 1.29 is 27.1 Å². The van der Waals surface area contributed by atoms with Crippen LogP contribution in [0.25, 0.3) is 0 Å². The average Bonchev–Trinajstić information content (AvgIpc) is 3.01. The Hall–Kier alpha value is -2.72. The highest BCUT2D eigenvalue weighted by Gasteiger charge is 2.32. The molecule has 2 heterocycles. The number of aromatic nitrogens is 1. The van der Waals surface area contributed by atoms with Gasteiger partial charge in [-0.3, -0.25) is 4.79 Å². The van der Waals surface area contributed by atoms with E-state index in [4.69, 9.17) is 4.74 Å². The zero-order valence-electron chi connectivity index (χ0n) is 17.1. The fourth-order valence-electron chi connectivity index (χ4n) is 3.54. The van der Waals surface area contributed by atoms with Gasteiger partial charge in [0.15, 0.2) is 0 Å². The number of nitrogens with one attached hydrogen (secondary N) is 1. The molecule has 0 bridgehead atoms. The molecule has 1 aromatic carbocycles. The third-order valence-corrected chi connectivity index (χ3v) is 6.99. The highest BCUT2D eigenvalue weighted by atomic mass is 32.2. The maximum Gasteiger partial charge on any atom is 0.340 e. The van der Waals surface area contributed by atoms with Crippen LogP contribution in [0.5, 0.6) is 0 Å². The van der Waals surface area contributed by atoms with E-state index in [1.807, 2.05) is 0 Å². The largest absolute Gasteiger partial charge is 0.462 e. The molecule has 0 radical (unpaired) electrons. The summed E-state index contributed by atoms with van der Waals surface area (Å²) < 4.78 is 45.2. The Labute approximate surface area is 174 Å². The van der Waals surface area contributed by atoms with Crippen molar-refractivity contribution in [2.45, 2.75) is 25.7 Å². The van der Waals surface area contributed by atoms with Gasteiger partial charge < -0.3 is 14.6 Å². The number of piperazine rings is 1. The molecule has 1 aromatic heterocycles. The molecule has 30 heavy (non-hydrogen) atoms. The van der Waals surface area contributed by atoms with Crippen molar-refractivity contribution in [1.82, 2.24) is 14.2 Å². The number of H-pyrrole nitrogens is 1. The molecule has 0 spiro atoms. The summed E-state index contributed by atoms with van der Waals surface area (Å²) in [5.74, 6) is -1.43. The minimum absolute atomic E-state index is 0.0913. The van der Waals surface area contributed by atoms with Gasteiger partial charge >= 0.3 is 5.97 Å². The normalized spacial score (nSPS) is 15.3. The van der Waals surface area contributed by atoms with Gasteiger partial charge in [-0.25, -0.2) is 17.6 Å². The maximum atomic E-state index is 13.4. The smallest absolute Gasteiger partial charge is 0.340 e. The SMILES string of the molecule is CCOC(=O)c1c(C)[nH]c(C(=O)N2CCN(S(=O)(=O)c3cccc(F)c3)CC2)c1C. The summed E-state index contributed by atoms with van der Waals surface area (Å²) in [5, 5.41) is 0. The van der Waals surface area contributed by atoms with Crippen LogP contribution in [0, 0.1) is 19.7 Å². The highest BCUT2D eigenvalue weighted by molar-refractivity contribution is 7.89. The van der Waals surface area contributed by atoms with Gasteiger partial charge in [0.25, 0.3) is 5.91 Å². The number of rotatable bonds is 5. The molecule has 3 rings (SSSR count). The second-order valence-electron chi connectivity index (χ2n) is 7.00. The number of hydrogen-bond acceptors (Lipinski definition) is 5. The highest BCUT2D eigenvalue weighted by Crippen LogP contribution is 2.23. The number of amides is 1. The number of aryl methyl sites for hydroxylation is 1. The Morgan fingerprint density at radius 1 is 1.17 bits per heavy atom. The van der Waals surface area contributed by atoms with Crippen LogP contribution in [-0.4, -0.2) is 67.3 Å². The third-order valence-electron chi connectivity index (χ3n) is 5.09. The minimum atomic E-state index is -3.84. The van der Waals surface area contributed by atoms with Crippen molar-refractivity contribution >= 4 is 21.9 Å². The number of carbonyl (C=O) groups is 2. The zero-order valence-corrected chi connectivity index (χ0v) is 17.9. The van der Waals surface area contributed by atoms with Crippen LogP contribution in [0.3, 0.4) is 0 Å². The molecule has 1 aliphatic rings. The molecule has 162 valence electrons. The Morgan fingerprint density at radius 3 is 2.43 bits per heavy atom. The topological polar surface area (TPSA) is 99.8 Å². The molecule has 1 fully saturated rings. The maximum absolute atomic E-state index is 13.4. The summed E-state index contributed by atoms with van der Waals surface area (Å²) in [6.45, 7) is 5.85. The van der Waals surface area contributed by atoms with Gasteiger partial charge in [-0.05, 0) is 44.5 Å². The van der Waals surface area contributed by atoms with Crippen LogP contribution in [0.1, 0.15) is 39.0 Å². The number of benzene rings is 1. The predicted octanol–water partition coefficient (Wildman–Crippen LogP) is 2.09. The molecule has 2 aromatic rings. The number of carbonyl (C=O) groups excluding carboxylic acids is 2. The number of nitrogens with zero attached hydrogens (tertiary/aromatic N) is 2. The molecule has 0 saturated carbocycles. The van der Waals surface area contributed by atoms with Gasteiger partial charge in [0, 0.05) is 31.9 Å². The number of halogens is 1. The molecule has 0 aliphatic carbocycles. The van der Waals surface area contributed by atoms with Gasteiger partial charge in [0.1, 0.15) is 11.5 Å². The van der Waals surface area contributed by atoms with Crippen molar-refractivity contribution in [2.75, 3.05) is 32.8 Å². The third kappa shape index (κ3) is 4.10. The molecule has 0 atom stereocenters. The van der Waals surface area contributed by atoms with Crippen molar-refractivity contribution in [2.24, 2.45) is 0 Å². The lowest BCUT2D eigenvalue weighted by atomic mass is 10.1. The molecule has 8 nitrogen and oxygen atoms in total. The Morgan fingerprint density at radius 2 is 1.83 bits per heavy atom. The first-order valence-corrected chi connectivity index (χ1v) is 11.0. The molecular weight excluding hydrogens is 413 g/mol. The first-order chi connectivity index (χ1) is 14.2. The molecule has 0 unspecified atom stereocenters. The van der Waals surface area contributed by atoms with E-state index < -0.39 is 21.8 Å². The van der Waals surface area contributed by atoms with Gasteiger partial charge in [0.2, 0.25) is 10.0 Å². The van der Waals surface area contributed by atoms with E-state index >= 15 is 0 Å². The van der Waals surface area contributed by atoms with Crippen LogP contribution in [-0.2, 0) is 14.8 Å². The van der Waals surface area contributed by atoms with E-state index in [1.54, 1.807) is 20.8 Å². The Kier molecular flexibility index (Phi) is 6.27. The van der Waals surface area contributed by atoms with E-state index in [0.717, 1.165) is 6.07 Å². The van der Waals surface area contributed by atoms with E-state index in [1.165, 1.54) is 27.4 Å². The van der Waals surface area contributed by atoms with E-state index in [9.17, 15) is 22.4 Å². The summed E-state index contributed by atoms with van der Waals surface area (Å²) in [7, 11) is -3.84. The molecular formula is C20H24FN3O5S. The van der Waals surface area contributed by atoms with Gasteiger partial charge in [-0.2, -0.15) is 4.31 Å². The minimum Gasteiger partial charge on any atom is -0.462 e. The molecule has 1 N–H and O–H groups in total. The summed E-state index contributed by atoms with van der Waals surface area (Å²) in [6.07, 6.45) is 0. The lowest BCUT2D eigenvalue weighted by Gasteiger charge is -2.34. The van der Waals surface area contributed by atoms with Gasteiger partial charge in [-0.15, -0.1) is 0 Å². The van der Waals surface area contributed by atoms with Crippen LogP contribution in [0.2, 0.25) is 0 Å². The lowest BCUT2D eigenvalue weighted by molar-refractivity contribution is 0.0525. The van der Waals surface area contributed by atoms with Crippen molar-refractivity contribution in [1.29, 1.82) is 0 Å². The summed E-state index contributed by atoms with van der Waals surface area (Å²) >= 11 is 0. The van der Waals surface area contributed by atoms with Crippen LogP contribution in [0.4, 0.5) is 4.39 Å². The van der Waals surface area contributed by atoms with E-state index in [2.05, 4.69) is 4.98 Å². The van der Waals surface area contributed by atoms with Gasteiger partial charge in [-0.1, -0.05) is 6.07 Å². The van der Waals surface area contributed by atoms with Crippen molar-refractivity contribution in [3.63, 3.8) is 0 Å². The van der Waals surface area contributed by atoms with Crippen LogP contribution < -0.4 is 0 Å². The number of ether oxygens (including phenoxy) is 1. The summed E-state index contributed by atoms with van der Waals surface area (Å²) in [6, 6.07) is 4.85. The number of esters is 1. The van der Waals surface area contributed by atoms with Crippen molar-refractivity contribution in [3.05, 3.63) is 52.6 Å². The summed E-state index contributed by atoms with van der Waals surface area (Å²) in [5.41, 5.74) is 1.68. The molecule has 1 aliphatic heterocycles. The average molecular weight is 437 g/mol. The van der Waals surface area contributed by atoms with E-state index in [0.29, 0.717) is 16.8 Å². The number of sulfonamides is 1. The zero-order chi connectivity index (χ0) is 22.1. The fraction of sp³-hybridized carbons (Fsp3) is 0.400. The molecule has 10 heteroatoms. The lowest BCUT2D eigenvalue weighted by Crippen LogP contribution is -2.50. The molecule has 1 saturated heterocycles. The first-order valence-electron chi connectivity index (χ1n) is 9.58. The number of hydrogen-bond donors (Lipinski definition) is 1.